The van der Waals surface area contributed by atoms with Crippen LogP contribution >= 0.6 is 0 Å². The number of rotatable bonds is 2. The Balaban J connectivity index is 1.75. The molecule has 84 valence electrons. The van der Waals surface area contributed by atoms with Gasteiger partial charge >= 0.3 is 0 Å². The number of nitrogens with zero attached hydrogens (tertiary/aromatic N) is 2. The van der Waals surface area contributed by atoms with E-state index in [0.29, 0.717) is 0 Å². The Morgan fingerprint density at radius 2 is 2.13 bits per heavy atom. The predicted octanol–water partition coefficient (Wildman–Crippen LogP) is 0.149. The summed E-state index contributed by atoms with van der Waals surface area (Å²) in [6, 6.07) is 0. The monoisotopic (exact) mass is 208 g/mol. The lowest BCUT2D eigenvalue weighted by atomic mass is 9.87. The molecule has 2 aliphatic heterocycles. The number of guanidine groups is 1. The van der Waals surface area contributed by atoms with Crippen LogP contribution in [0.25, 0.3) is 0 Å². The van der Waals surface area contributed by atoms with Crippen molar-refractivity contribution in [1.82, 2.24) is 10.2 Å². The number of hydrogen-bond donors (Lipinski definition) is 2. The lowest BCUT2D eigenvalue weighted by molar-refractivity contribution is 0.146. The van der Waals surface area contributed by atoms with Crippen LogP contribution in [0.3, 0.4) is 0 Å². The van der Waals surface area contributed by atoms with Gasteiger partial charge in [-0.15, -0.1) is 0 Å². The van der Waals surface area contributed by atoms with Crippen LogP contribution in [0.1, 0.15) is 25.7 Å². The summed E-state index contributed by atoms with van der Waals surface area (Å²) in [5.74, 6) is 1.69. The molecule has 0 aromatic heterocycles. The molecule has 3 aliphatic rings. The van der Waals surface area contributed by atoms with Gasteiger partial charge in [-0.25, -0.2) is 0 Å². The van der Waals surface area contributed by atoms with Gasteiger partial charge in [-0.3, -0.25) is 4.99 Å². The maximum absolute atomic E-state index is 6.02. The summed E-state index contributed by atoms with van der Waals surface area (Å²) in [5, 5.41) is 3.42. The summed E-state index contributed by atoms with van der Waals surface area (Å²) in [4.78, 5) is 6.88. The van der Waals surface area contributed by atoms with Gasteiger partial charge in [0.2, 0.25) is 0 Å². The van der Waals surface area contributed by atoms with Gasteiger partial charge in [0, 0.05) is 6.54 Å². The minimum atomic E-state index is 0.276. The van der Waals surface area contributed by atoms with E-state index >= 15 is 0 Å². The lowest BCUT2D eigenvalue weighted by Gasteiger charge is -2.42. The minimum Gasteiger partial charge on any atom is -0.370 e. The van der Waals surface area contributed by atoms with Crippen molar-refractivity contribution >= 4 is 5.96 Å². The molecule has 2 fully saturated rings. The molecule has 0 radical (unpaired) electrons. The Bertz CT molecular complexity index is 276. The molecule has 15 heavy (non-hydrogen) atoms. The van der Waals surface area contributed by atoms with Crippen molar-refractivity contribution in [3.8, 4) is 0 Å². The van der Waals surface area contributed by atoms with Gasteiger partial charge in [0.05, 0.1) is 12.1 Å². The molecule has 1 saturated carbocycles. The quantitative estimate of drug-likeness (QED) is 0.679. The second kappa shape index (κ2) is 3.37. The third kappa shape index (κ3) is 1.61. The molecule has 0 atom stereocenters. The van der Waals surface area contributed by atoms with Crippen molar-refractivity contribution in [3.63, 3.8) is 0 Å². The van der Waals surface area contributed by atoms with Gasteiger partial charge in [0.15, 0.2) is 5.96 Å². The van der Waals surface area contributed by atoms with E-state index in [1.54, 1.807) is 0 Å². The highest BCUT2D eigenvalue weighted by Crippen LogP contribution is 2.36. The van der Waals surface area contributed by atoms with E-state index in [0.717, 1.165) is 38.1 Å². The standard InChI is InChI=1S/C11H20N4/c12-10-14-8-11(3-5-13-6-4-11)15(10)7-9-1-2-9/h9,13H,1-8H2,(H2,12,14). The van der Waals surface area contributed by atoms with Crippen LogP contribution in [0.2, 0.25) is 0 Å². The van der Waals surface area contributed by atoms with Crippen LogP contribution in [0.5, 0.6) is 0 Å². The molecule has 0 amide bonds. The van der Waals surface area contributed by atoms with Crippen LogP contribution in [0.4, 0.5) is 0 Å². The summed E-state index contributed by atoms with van der Waals surface area (Å²) in [7, 11) is 0. The zero-order valence-electron chi connectivity index (χ0n) is 9.21. The van der Waals surface area contributed by atoms with Gasteiger partial charge < -0.3 is 16.0 Å². The van der Waals surface area contributed by atoms with E-state index in [2.05, 4.69) is 15.2 Å². The molecule has 0 unspecified atom stereocenters. The number of aliphatic imine (C=N–C) groups is 1. The Hall–Kier alpha value is -0.770. The molecule has 0 bridgehead atoms. The maximum atomic E-state index is 6.02. The summed E-state index contributed by atoms with van der Waals surface area (Å²) in [5.41, 5.74) is 6.29. The van der Waals surface area contributed by atoms with Crippen LogP contribution in [-0.2, 0) is 0 Å². The Morgan fingerprint density at radius 3 is 2.80 bits per heavy atom. The van der Waals surface area contributed by atoms with E-state index < -0.39 is 0 Å². The molecule has 0 aromatic carbocycles. The highest BCUT2D eigenvalue weighted by Gasteiger charge is 2.44. The molecule has 3 rings (SSSR count). The molecule has 1 saturated heterocycles. The van der Waals surface area contributed by atoms with Crippen LogP contribution in [-0.4, -0.2) is 42.6 Å². The molecule has 4 heteroatoms. The fraction of sp³-hybridized carbons (Fsp3) is 0.909. The Kier molecular flexibility index (Phi) is 2.12. The predicted molar refractivity (Wildman–Crippen MR) is 60.8 cm³/mol. The van der Waals surface area contributed by atoms with E-state index in [1.807, 2.05) is 0 Å². The average molecular weight is 208 g/mol. The number of hydrogen-bond acceptors (Lipinski definition) is 4. The largest absolute Gasteiger partial charge is 0.370 e. The van der Waals surface area contributed by atoms with E-state index in [1.165, 1.54) is 25.7 Å². The molecule has 2 heterocycles. The summed E-state index contributed by atoms with van der Waals surface area (Å²) < 4.78 is 0. The maximum Gasteiger partial charge on any atom is 0.191 e. The first-order valence-electron chi connectivity index (χ1n) is 6.08. The SMILES string of the molecule is NC1=NCC2(CCNCC2)N1CC1CC1. The summed E-state index contributed by atoms with van der Waals surface area (Å²) in [6.07, 6.45) is 5.17. The average Bonchev–Trinajstić information content (AvgIpc) is 3.03. The van der Waals surface area contributed by atoms with Crippen molar-refractivity contribution in [2.24, 2.45) is 16.6 Å². The molecule has 1 aliphatic carbocycles. The number of piperidine rings is 1. The van der Waals surface area contributed by atoms with Crippen LogP contribution in [0, 0.1) is 5.92 Å². The van der Waals surface area contributed by atoms with Crippen molar-refractivity contribution < 1.29 is 0 Å². The van der Waals surface area contributed by atoms with Crippen molar-refractivity contribution in [3.05, 3.63) is 0 Å². The van der Waals surface area contributed by atoms with E-state index in [9.17, 15) is 0 Å². The second-order valence-corrected chi connectivity index (χ2v) is 5.20. The van der Waals surface area contributed by atoms with Crippen LogP contribution < -0.4 is 11.1 Å². The van der Waals surface area contributed by atoms with Crippen molar-refractivity contribution in [1.29, 1.82) is 0 Å². The molecule has 3 N–H and O–H groups in total. The Labute approximate surface area is 90.9 Å². The number of nitrogens with one attached hydrogen (secondary N) is 1. The normalized spacial score (nSPS) is 29.6. The highest BCUT2D eigenvalue weighted by molar-refractivity contribution is 5.81. The van der Waals surface area contributed by atoms with E-state index in [-0.39, 0.29) is 5.54 Å². The molecule has 1 spiro atoms. The molecule has 4 nitrogen and oxygen atoms in total. The third-order valence-electron chi connectivity index (χ3n) is 4.06. The summed E-state index contributed by atoms with van der Waals surface area (Å²) >= 11 is 0. The first kappa shape index (κ1) is 9.46. The lowest BCUT2D eigenvalue weighted by Crippen LogP contribution is -2.57. The molecular formula is C11H20N4. The summed E-state index contributed by atoms with van der Waals surface area (Å²) in [6.45, 7) is 4.30. The van der Waals surface area contributed by atoms with Gasteiger partial charge in [0.25, 0.3) is 0 Å². The Morgan fingerprint density at radius 1 is 1.40 bits per heavy atom. The third-order valence-corrected chi connectivity index (χ3v) is 4.06. The minimum absolute atomic E-state index is 0.276. The molecular weight excluding hydrogens is 188 g/mol. The van der Waals surface area contributed by atoms with Gasteiger partial charge in [0.1, 0.15) is 0 Å². The topological polar surface area (TPSA) is 53.6 Å². The van der Waals surface area contributed by atoms with Gasteiger partial charge in [-0.05, 0) is 44.7 Å². The van der Waals surface area contributed by atoms with Crippen LogP contribution in [0.15, 0.2) is 4.99 Å². The molecule has 0 aromatic rings. The highest BCUT2D eigenvalue weighted by atomic mass is 15.4. The smallest absolute Gasteiger partial charge is 0.191 e. The fourth-order valence-electron chi connectivity index (χ4n) is 2.81. The number of nitrogens with two attached hydrogens (primary N) is 1. The van der Waals surface area contributed by atoms with Gasteiger partial charge in [-0.1, -0.05) is 0 Å². The first-order chi connectivity index (χ1) is 7.30. The van der Waals surface area contributed by atoms with Gasteiger partial charge in [-0.2, -0.15) is 0 Å². The zero-order valence-corrected chi connectivity index (χ0v) is 9.21. The van der Waals surface area contributed by atoms with Crippen molar-refractivity contribution in [2.45, 2.75) is 31.2 Å². The second-order valence-electron chi connectivity index (χ2n) is 5.20. The fourth-order valence-corrected chi connectivity index (χ4v) is 2.81. The first-order valence-corrected chi connectivity index (χ1v) is 6.08. The zero-order chi connectivity index (χ0) is 10.3. The van der Waals surface area contributed by atoms with E-state index in [4.69, 9.17) is 5.73 Å². The van der Waals surface area contributed by atoms with Crippen molar-refractivity contribution in [2.75, 3.05) is 26.2 Å².